The summed E-state index contributed by atoms with van der Waals surface area (Å²) in [4.78, 5) is 13.7. The Kier molecular flexibility index (Phi) is 8.93. The second-order valence-electron chi connectivity index (χ2n) is 8.63. The molecule has 3 aromatic rings. The third-order valence-electron chi connectivity index (χ3n) is 6.15. The van der Waals surface area contributed by atoms with Crippen LogP contribution in [0.3, 0.4) is 0 Å². The van der Waals surface area contributed by atoms with Gasteiger partial charge in [0.05, 0.1) is 22.8 Å². The van der Waals surface area contributed by atoms with Gasteiger partial charge in [-0.25, -0.2) is 0 Å². The van der Waals surface area contributed by atoms with Gasteiger partial charge in [0.2, 0.25) is 0 Å². The summed E-state index contributed by atoms with van der Waals surface area (Å²) in [5.74, 6) is 1.19. The summed E-state index contributed by atoms with van der Waals surface area (Å²) in [5.41, 5.74) is 4.20. The van der Waals surface area contributed by atoms with Gasteiger partial charge in [0, 0.05) is 48.5 Å². The number of rotatable bonds is 8. The molecule has 0 amide bonds. The molecular formula is C29H37N5O2. The first-order chi connectivity index (χ1) is 17.4. The van der Waals surface area contributed by atoms with E-state index in [2.05, 4.69) is 20.4 Å². The van der Waals surface area contributed by atoms with Crippen molar-refractivity contribution in [1.29, 1.82) is 0 Å². The molecule has 2 N–H and O–H groups in total. The molecule has 7 nitrogen and oxygen atoms in total. The number of hydrogen-bond donors (Lipinski definition) is 2. The lowest BCUT2D eigenvalue weighted by molar-refractivity contribution is 0.155. The van der Waals surface area contributed by atoms with Gasteiger partial charge in [0.25, 0.3) is 0 Å². The number of aliphatic imine (C=N–C) groups is 2. The molecule has 36 heavy (non-hydrogen) atoms. The summed E-state index contributed by atoms with van der Waals surface area (Å²) in [5, 5.41) is 19.9. The van der Waals surface area contributed by atoms with Crippen molar-refractivity contribution in [3.63, 3.8) is 0 Å². The first kappa shape index (κ1) is 27.0. The van der Waals surface area contributed by atoms with Crippen LogP contribution in [0.1, 0.15) is 63.1 Å². The van der Waals surface area contributed by atoms with Crippen molar-refractivity contribution >= 4 is 23.3 Å². The molecule has 0 saturated heterocycles. The average molecular weight is 488 g/mol. The van der Waals surface area contributed by atoms with E-state index in [0.717, 1.165) is 35.3 Å². The Bertz CT molecular complexity index is 1240. The molecule has 1 fully saturated rings. The van der Waals surface area contributed by atoms with E-state index in [-0.39, 0.29) is 0 Å². The summed E-state index contributed by atoms with van der Waals surface area (Å²) in [6.07, 6.45) is 11.1. The largest absolute Gasteiger partial charge is 0.386 e. The lowest BCUT2D eigenvalue weighted by Crippen LogP contribution is -2.36. The van der Waals surface area contributed by atoms with Gasteiger partial charge in [0.1, 0.15) is 5.76 Å². The summed E-state index contributed by atoms with van der Waals surface area (Å²) < 4.78 is 5.45. The molecule has 1 saturated carbocycles. The molecule has 2 heterocycles. The summed E-state index contributed by atoms with van der Waals surface area (Å²) >= 11 is 0. The first-order valence-corrected chi connectivity index (χ1v) is 12.5. The van der Waals surface area contributed by atoms with Gasteiger partial charge < -0.3 is 14.9 Å². The van der Waals surface area contributed by atoms with Crippen LogP contribution in [-0.4, -0.2) is 34.2 Å². The fourth-order valence-corrected chi connectivity index (χ4v) is 4.12. The van der Waals surface area contributed by atoms with Crippen LogP contribution in [0.2, 0.25) is 0 Å². The highest BCUT2D eigenvalue weighted by Gasteiger charge is 2.39. The van der Waals surface area contributed by atoms with E-state index in [0.29, 0.717) is 34.2 Å². The quantitative estimate of drug-likeness (QED) is 0.342. The second-order valence-corrected chi connectivity index (χ2v) is 8.63. The number of pyridine rings is 1. The number of aromatic nitrogens is 2. The van der Waals surface area contributed by atoms with Crippen LogP contribution in [0, 0.1) is 19.8 Å². The highest BCUT2D eigenvalue weighted by atomic mass is 16.5. The number of aryl methyl sites for hydroxylation is 2. The highest BCUT2D eigenvalue weighted by molar-refractivity contribution is 5.98. The predicted octanol–water partition coefficient (Wildman–Crippen LogP) is 6.76. The minimum absolute atomic E-state index is 0.476. The Balaban J connectivity index is 0.00000176. The Morgan fingerprint density at radius 3 is 2.56 bits per heavy atom. The molecule has 1 aromatic carbocycles. The van der Waals surface area contributed by atoms with Crippen LogP contribution in [0.4, 0.5) is 11.4 Å². The lowest BCUT2D eigenvalue weighted by Gasteiger charge is -2.31. The van der Waals surface area contributed by atoms with E-state index in [1.54, 1.807) is 18.6 Å². The topological polar surface area (TPSA) is 95.9 Å². The molecule has 190 valence electrons. The summed E-state index contributed by atoms with van der Waals surface area (Å²) in [7, 11) is 1.86. The van der Waals surface area contributed by atoms with Crippen LogP contribution in [0.25, 0.3) is 11.1 Å². The standard InChI is InChI=1S/C27H31N5O2.C2H6/c1-6-11-30-19(4)27(33,22-8-7-12-29-16-22)23-13-21(25-17(2)32-34-18(25)3)14-24(28-5)26(23)31-15-20-9-10-20;1-2/h6-8,11-16,20,28,33H,9-10H2,1-5H3;1-2H3/b11-6-,30-19?,31-15?;. The lowest BCUT2D eigenvalue weighted by atomic mass is 9.80. The minimum atomic E-state index is -1.56. The van der Waals surface area contributed by atoms with Crippen molar-refractivity contribution in [3.8, 4) is 11.1 Å². The van der Waals surface area contributed by atoms with E-state index in [1.165, 1.54) is 0 Å². The van der Waals surface area contributed by atoms with Crippen molar-refractivity contribution in [2.45, 2.75) is 60.0 Å². The molecule has 2 aromatic heterocycles. The highest BCUT2D eigenvalue weighted by Crippen LogP contribution is 2.45. The number of allylic oxidation sites excluding steroid dienone is 1. The van der Waals surface area contributed by atoms with Crippen molar-refractivity contribution in [1.82, 2.24) is 10.1 Å². The maximum absolute atomic E-state index is 12.4. The third-order valence-corrected chi connectivity index (χ3v) is 6.15. The Labute approximate surface area is 214 Å². The second kappa shape index (κ2) is 11.9. The Morgan fingerprint density at radius 2 is 2.00 bits per heavy atom. The number of anilines is 1. The van der Waals surface area contributed by atoms with E-state index >= 15 is 0 Å². The molecule has 1 aliphatic carbocycles. The zero-order valence-electron chi connectivity index (χ0n) is 22.3. The third kappa shape index (κ3) is 5.46. The minimum Gasteiger partial charge on any atom is -0.386 e. The van der Waals surface area contributed by atoms with Gasteiger partial charge >= 0.3 is 0 Å². The van der Waals surface area contributed by atoms with E-state index < -0.39 is 5.60 Å². The van der Waals surface area contributed by atoms with Crippen LogP contribution in [0.15, 0.2) is 63.4 Å². The maximum Gasteiger partial charge on any atom is 0.156 e. The van der Waals surface area contributed by atoms with Crippen molar-refractivity contribution in [2.75, 3.05) is 12.4 Å². The molecular weight excluding hydrogens is 450 g/mol. The average Bonchev–Trinajstić information content (AvgIpc) is 3.69. The molecule has 0 radical (unpaired) electrons. The van der Waals surface area contributed by atoms with E-state index in [4.69, 9.17) is 9.52 Å². The number of aliphatic hydroxyl groups is 1. The molecule has 1 atom stereocenters. The van der Waals surface area contributed by atoms with Crippen molar-refractivity contribution in [2.24, 2.45) is 15.9 Å². The summed E-state index contributed by atoms with van der Waals surface area (Å²) in [6, 6.07) is 7.66. The predicted molar refractivity (Wildman–Crippen MR) is 148 cm³/mol. The molecule has 1 unspecified atom stereocenters. The van der Waals surface area contributed by atoms with E-state index in [1.807, 2.05) is 85.1 Å². The van der Waals surface area contributed by atoms with Crippen LogP contribution >= 0.6 is 0 Å². The molecule has 7 heteroatoms. The van der Waals surface area contributed by atoms with Gasteiger partial charge in [-0.2, -0.15) is 0 Å². The molecule has 0 bridgehead atoms. The summed E-state index contributed by atoms with van der Waals surface area (Å²) in [6.45, 7) is 11.5. The molecule has 0 spiro atoms. The first-order valence-electron chi connectivity index (χ1n) is 12.5. The number of benzene rings is 1. The Morgan fingerprint density at radius 1 is 1.25 bits per heavy atom. The number of nitrogens with zero attached hydrogens (tertiary/aromatic N) is 4. The Hall–Kier alpha value is -3.58. The SMILES string of the molecule is C/C=C\N=C(C)C(O)(c1cccnc1)c1cc(-c2c(C)noc2C)cc(NC)c1N=CC1CC1.CC. The van der Waals surface area contributed by atoms with Gasteiger partial charge in [-0.3, -0.25) is 15.0 Å². The number of nitrogens with one attached hydrogen (secondary N) is 1. The molecule has 4 rings (SSSR count). The van der Waals surface area contributed by atoms with Gasteiger partial charge in [-0.15, -0.1) is 0 Å². The van der Waals surface area contributed by atoms with Crippen LogP contribution in [0.5, 0.6) is 0 Å². The van der Waals surface area contributed by atoms with Crippen molar-refractivity contribution in [3.05, 3.63) is 71.5 Å². The zero-order chi connectivity index (χ0) is 26.3. The fraction of sp³-hybridized carbons (Fsp3) is 0.379. The van der Waals surface area contributed by atoms with E-state index in [9.17, 15) is 5.11 Å². The monoisotopic (exact) mass is 487 g/mol. The van der Waals surface area contributed by atoms with Crippen LogP contribution < -0.4 is 5.32 Å². The maximum atomic E-state index is 12.4. The normalized spacial score (nSPS) is 15.6. The smallest absolute Gasteiger partial charge is 0.156 e. The zero-order valence-corrected chi connectivity index (χ0v) is 22.3. The van der Waals surface area contributed by atoms with Gasteiger partial charge in [-0.1, -0.05) is 31.1 Å². The molecule has 1 aliphatic rings. The number of hydrogen-bond acceptors (Lipinski definition) is 7. The molecule has 0 aliphatic heterocycles. The van der Waals surface area contributed by atoms with Gasteiger partial charge in [0.15, 0.2) is 5.60 Å². The van der Waals surface area contributed by atoms with Crippen LogP contribution in [-0.2, 0) is 5.60 Å². The fourth-order valence-electron chi connectivity index (χ4n) is 4.12. The van der Waals surface area contributed by atoms with Crippen molar-refractivity contribution < 1.29 is 9.63 Å². The van der Waals surface area contributed by atoms with Gasteiger partial charge in [-0.05, 0) is 70.2 Å².